The van der Waals surface area contributed by atoms with Crippen LogP contribution >= 0.6 is 0 Å². The summed E-state index contributed by atoms with van der Waals surface area (Å²) in [5, 5.41) is 1.76. The third-order valence-electron chi connectivity index (χ3n) is 5.42. The van der Waals surface area contributed by atoms with Gasteiger partial charge in [-0.25, -0.2) is 9.97 Å². The summed E-state index contributed by atoms with van der Waals surface area (Å²) in [6.07, 6.45) is 4.22. The lowest BCUT2D eigenvalue weighted by Gasteiger charge is -2.25. The lowest BCUT2D eigenvalue weighted by molar-refractivity contribution is 0.520. The van der Waals surface area contributed by atoms with Gasteiger partial charge in [-0.1, -0.05) is 46.8 Å². The molecular formula is C23H26N4O. The molecule has 28 heavy (non-hydrogen) atoms. The lowest BCUT2D eigenvalue weighted by atomic mass is 9.79. The van der Waals surface area contributed by atoms with Crippen molar-refractivity contribution in [3.63, 3.8) is 0 Å². The minimum atomic E-state index is -0.200. The van der Waals surface area contributed by atoms with Crippen molar-refractivity contribution in [1.82, 2.24) is 19.9 Å². The van der Waals surface area contributed by atoms with Crippen molar-refractivity contribution in [2.45, 2.75) is 51.9 Å². The molecule has 3 heterocycles. The SMILES string of the molecule is CC(C)(C)c1cnc2[nH]c(CC(C)(C)c3cccc4c(=O)[nH]cnc34)cc2c1. The Morgan fingerprint density at radius 3 is 2.57 bits per heavy atom. The lowest BCUT2D eigenvalue weighted by Crippen LogP contribution is -2.22. The van der Waals surface area contributed by atoms with Crippen LogP contribution in [-0.4, -0.2) is 19.9 Å². The van der Waals surface area contributed by atoms with E-state index in [2.05, 4.69) is 72.8 Å². The van der Waals surface area contributed by atoms with Crippen LogP contribution in [0.3, 0.4) is 0 Å². The number of para-hydroxylation sites is 1. The van der Waals surface area contributed by atoms with Gasteiger partial charge in [0.1, 0.15) is 5.65 Å². The zero-order chi connectivity index (χ0) is 20.1. The third-order valence-corrected chi connectivity index (χ3v) is 5.42. The second kappa shape index (κ2) is 6.30. The fourth-order valence-electron chi connectivity index (χ4n) is 3.79. The Morgan fingerprint density at radius 1 is 1.04 bits per heavy atom. The highest BCUT2D eigenvalue weighted by atomic mass is 16.1. The molecule has 4 aromatic rings. The van der Waals surface area contributed by atoms with Crippen molar-refractivity contribution in [3.05, 3.63) is 70.0 Å². The summed E-state index contributed by atoms with van der Waals surface area (Å²) < 4.78 is 0. The van der Waals surface area contributed by atoms with Gasteiger partial charge >= 0.3 is 0 Å². The molecule has 0 amide bonds. The first-order valence-corrected chi connectivity index (χ1v) is 9.60. The quantitative estimate of drug-likeness (QED) is 0.549. The zero-order valence-electron chi connectivity index (χ0n) is 17.1. The number of rotatable bonds is 3. The van der Waals surface area contributed by atoms with Crippen molar-refractivity contribution in [3.8, 4) is 0 Å². The summed E-state index contributed by atoms with van der Waals surface area (Å²) >= 11 is 0. The predicted octanol–water partition coefficient (Wildman–Crippen LogP) is 4.62. The topological polar surface area (TPSA) is 74.4 Å². The first kappa shape index (κ1) is 18.4. The second-order valence-corrected chi connectivity index (χ2v) is 9.20. The summed E-state index contributed by atoms with van der Waals surface area (Å²) in [4.78, 5) is 27.3. The fourth-order valence-corrected chi connectivity index (χ4v) is 3.79. The van der Waals surface area contributed by atoms with Gasteiger partial charge in [-0.3, -0.25) is 4.79 Å². The normalized spacial score (nSPS) is 12.8. The maximum absolute atomic E-state index is 12.1. The summed E-state index contributed by atoms with van der Waals surface area (Å²) in [5.74, 6) is 0. The summed E-state index contributed by atoms with van der Waals surface area (Å²) in [6.45, 7) is 11.0. The number of hydrogen-bond acceptors (Lipinski definition) is 3. The maximum Gasteiger partial charge on any atom is 0.258 e. The number of hydrogen-bond donors (Lipinski definition) is 2. The molecule has 1 aromatic carbocycles. The first-order valence-electron chi connectivity index (χ1n) is 9.60. The van der Waals surface area contributed by atoms with E-state index in [1.165, 1.54) is 11.9 Å². The predicted molar refractivity (Wildman–Crippen MR) is 114 cm³/mol. The van der Waals surface area contributed by atoms with Crippen LogP contribution in [0.1, 0.15) is 51.4 Å². The molecule has 0 radical (unpaired) electrons. The van der Waals surface area contributed by atoms with Crippen LogP contribution in [0, 0.1) is 0 Å². The number of aromatic amines is 2. The maximum atomic E-state index is 12.1. The van der Waals surface area contributed by atoms with Gasteiger partial charge in [-0.15, -0.1) is 0 Å². The van der Waals surface area contributed by atoms with Crippen LogP contribution in [0.4, 0.5) is 0 Å². The Balaban J connectivity index is 1.74. The molecular weight excluding hydrogens is 348 g/mol. The Labute approximate surface area is 164 Å². The van der Waals surface area contributed by atoms with E-state index in [1.807, 2.05) is 18.3 Å². The number of benzene rings is 1. The number of nitrogens with one attached hydrogen (secondary N) is 2. The largest absolute Gasteiger partial charge is 0.343 e. The molecule has 0 spiro atoms. The van der Waals surface area contributed by atoms with Crippen molar-refractivity contribution in [2.24, 2.45) is 0 Å². The standard InChI is InChI=1S/C23H26N4O/c1-22(2,3)15-9-14-10-16(27-20(14)24-12-15)11-23(4,5)18-8-6-7-17-19(18)25-13-26-21(17)28/h6-10,12-13H,11H2,1-5H3,(H,24,27)(H,25,26,28). The van der Waals surface area contributed by atoms with Crippen LogP contribution in [0.15, 0.2) is 47.7 Å². The molecule has 144 valence electrons. The molecule has 0 bridgehead atoms. The number of fused-ring (bicyclic) bond motifs is 2. The molecule has 0 saturated carbocycles. The van der Waals surface area contributed by atoms with Gasteiger partial charge in [0, 0.05) is 17.3 Å². The van der Waals surface area contributed by atoms with E-state index in [0.29, 0.717) is 5.39 Å². The van der Waals surface area contributed by atoms with E-state index in [1.54, 1.807) is 0 Å². The van der Waals surface area contributed by atoms with Crippen LogP contribution in [-0.2, 0) is 17.3 Å². The zero-order valence-corrected chi connectivity index (χ0v) is 17.1. The van der Waals surface area contributed by atoms with Crippen molar-refractivity contribution >= 4 is 21.9 Å². The highest BCUT2D eigenvalue weighted by Crippen LogP contribution is 2.32. The van der Waals surface area contributed by atoms with Gasteiger partial charge < -0.3 is 9.97 Å². The minimum Gasteiger partial charge on any atom is -0.343 e. The second-order valence-electron chi connectivity index (χ2n) is 9.20. The van der Waals surface area contributed by atoms with E-state index in [4.69, 9.17) is 0 Å². The van der Waals surface area contributed by atoms with Crippen LogP contribution in [0.25, 0.3) is 21.9 Å². The Hall–Kier alpha value is -2.95. The Kier molecular flexibility index (Phi) is 4.14. The fraction of sp³-hybridized carbons (Fsp3) is 0.348. The highest BCUT2D eigenvalue weighted by Gasteiger charge is 2.25. The van der Waals surface area contributed by atoms with E-state index in [-0.39, 0.29) is 16.4 Å². The Morgan fingerprint density at radius 2 is 1.82 bits per heavy atom. The van der Waals surface area contributed by atoms with Gasteiger partial charge in [-0.05, 0) is 46.6 Å². The molecule has 0 unspecified atom stereocenters. The summed E-state index contributed by atoms with van der Waals surface area (Å²) in [5.41, 5.74) is 4.85. The van der Waals surface area contributed by atoms with Gasteiger partial charge in [0.25, 0.3) is 5.56 Å². The van der Waals surface area contributed by atoms with Crippen LogP contribution in [0.2, 0.25) is 0 Å². The first-order chi connectivity index (χ1) is 13.1. The summed E-state index contributed by atoms with van der Waals surface area (Å²) in [6, 6.07) is 10.2. The van der Waals surface area contributed by atoms with E-state index in [9.17, 15) is 4.79 Å². The summed E-state index contributed by atoms with van der Waals surface area (Å²) in [7, 11) is 0. The smallest absolute Gasteiger partial charge is 0.258 e. The molecule has 0 aliphatic rings. The van der Waals surface area contributed by atoms with E-state index in [0.717, 1.165) is 34.2 Å². The molecule has 2 N–H and O–H groups in total. The monoisotopic (exact) mass is 374 g/mol. The van der Waals surface area contributed by atoms with Crippen molar-refractivity contribution in [2.75, 3.05) is 0 Å². The van der Waals surface area contributed by atoms with E-state index < -0.39 is 0 Å². The molecule has 0 saturated heterocycles. The minimum absolute atomic E-state index is 0.0690. The molecule has 0 aliphatic heterocycles. The molecule has 4 rings (SSSR count). The molecule has 5 nitrogen and oxygen atoms in total. The van der Waals surface area contributed by atoms with Gasteiger partial charge in [0.2, 0.25) is 0 Å². The van der Waals surface area contributed by atoms with Crippen molar-refractivity contribution in [1.29, 1.82) is 0 Å². The average molecular weight is 374 g/mol. The van der Waals surface area contributed by atoms with E-state index >= 15 is 0 Å². The van der Waals surface area contributed by atoms with Gasteiger partial charge in [0.15, 0.2) is 0 Å². The number of H-pyrrole nitrogens is 2. The van der Waals surface area contributed by atoms with Gasteiger partial charge in [-0.2, -0.15) is 0 Å². The third kappa shape index (κ3) is 3.21. The number of nitrogens with zero attached hydrogens (tertiary/aromatic N) is 2. The van der Waals surface area contributed by atoms with Crippen LogP contribution < -0.4 is 5.56 Å². The Bertz CT molecular complexity index is 1220. The molecule has 0 fully saturated rings. The highest BCUT2D eigenvalue weighted by molar-refractivity contribution is 5.82. The molecule has 0 atom stereocenters. The molecule has 5 heteroatoms. The van der Waals surface area contributed by atoms with Gasteiger partial charge in [0.05, 0.1) is 17.2 Å². The number of pyridine rings is 1. The average Bonchev–Trinajstić information content (AvgIpc) is 3.01. The number of aromatic nitrogens is 4. The van der Waals surface area contributed by atoms with Crippen LogP contribution in [0.5, 0.6) is 0 Å². The van der Waals surface area contributed by atoms with Crippen molar-refractivity contribution < 1.29 is 0 Å². The molecule has 0 aliphatic carbocycles. The molecule has 3 aromatic heterocycles.